The van der Waals surface area contributed by atoms with Gasteiger partial charge in [0.25, 0.3) is 0 Å². The van der Waals surface area contributed by atoms with Gasteiger partial charge in [0.2, 0.25) is 5.91 Å². The minimum absolute atomic E-state index is 0.207. The van der Waals surface area contributed by atoms with Crippen LogP contribution in [0.25, 0.3) is 0 Å². The highest BCUT2D eigenvalue weighted by atomic mass is 16.2. The Balaban J connectivity index is 1.79. The third-order valence-corrected chi connectivity index (χ3v) is 3.55. The molecule has 1 aromatic rings. The molecule has 1 fully saturated rings. The number of nitrogen functional groups attached to an aromatic ring is 1. The van der Waals surface area contributed by atoms with Crippen molar-refractivity contribution in [3.63, 3.8) is 0 Å². The summed E-state index contributed by atoms with van der Waals surface area (Å²) in [6.45, 7) is 2.37. The summed E-state index contributed by atoms with van der Waals surface area (Å²) in [4.78, 5) is 13.9. The summed E-state index contributed by atoms with van der Waals surface area (Å²) in [7, 11) is 0. The Morgan fingerprint density at radius 2 is 2.10 bits per heavy atom. The molecule has 2 rings (SSSR count). The number of nitrogens with two attached hydrogens (primary N) is 1. The summed E-state index contributed by atoms with van der Waals surface area (Å²) < 4.78 is 0. The van der Waals surface area contributed by atoms with Crippen molar-refractivity contribution in [3.8, 4) is 6.07 Å². The van der Waals surface area contributed by atoms with E-state index in [1.54, 1.807) is 18.2 Å². The molecule has 1 aliphatic heterocycles. The molecule has 0 radical (unpaired) electrons. The number of anilines is 2. The van der Waals surface area contributed by atoms with Gasteiger partial charge < -0.3 is 16.0 Å². The predicted octanol–water partition coefficient (Wildman–Crippen LogP) is 1.95. The molecule has 0 spiro atoms. The van der Waals surface area contributed by atoms with Crippen LogP contribution in [0.3, 0.4) is 0 Å². The van der Waals surface area contributed by atoms with Crippen molar-refractivity contribution in [2.24, 2.45) is 0 Å². The molecular formula is C15H20N4O. The zero-order chi connectivity index (χ0) is 14.4. The summed E-state index contributed by atoms with van der Waals surface area (Å²) in [5.74, 6) is 0.207. The van der Waals surface area contributed by atoms with E-state index < -0.39 is 0 Å². The lowest BCUT2D eigenvalue weighted by atomic mass is 10.1. The Morgan fingerprint density at radius 3 is 2.75 bits per heavy atom. The maximum atomic E-state index is 12.0. The molecule has 0 aliphatic carbocycles. The van der Waals surface area contributed by atoms with E-state index in [1.165, 1.54) is 6.42 Å². The maximum Gasteiger partial charge on any atom is 0.224 e. The highest BCUT2D eigenvalue weighted by Gasteiger charge is 2.15. The number of carbonyl (C=O) groups excluding carboxylic acids is 1. The molecule has 3 N–H and O–H groups in total. The second kappa shape index (κ2) is 6.80. The number of nitrogens with zero attached hydrogens (tertiary/aromatic N) is 2. The van der Waals surface area contributed by atoms with Crippen LogP contribution in [0.5, 0.6) is 0 Å². The number of nitriles is 1. The molecule has 5 nitrogen and oxygen atoms in total. The Morgan fingerprint density at radius 1 is 1.35 bits per heavy atom. The molecule has 1 heterocycles. The lowest BCUT2D eigenvalue weighted by molar-refractivity contribution is -0.131. The van der Waals surface area contributed by atoms with Crippen LogP contribution in [-0.2, 0) is 4.79 Å². The first kappa shape index (κ1) is 14.2. The molecule has 0 bridgehead atoms. The van der Waals surface area contributed by atoms with Gasteiger partial charge in [-0.1, -0.05) is 0 Å². The zero-order valence-electron chi connectivity index (χ0n) is 11.6. The molecule has 0 atom stereocenters. The van der Waals surface area contributed by atoms with E-state index in [2.05, 4.69) is 5.32 Å². The van der Waals surface area contributed by atoms with Gasteiger partial charge in [0.1, 0.15) is 6.07 Å². The van der Waals surface area contributed by atoms with Crippen LogP contribution in [0.4, 0.5) is 11.4 Å². The Labute approximate surface area is 119 Å². The van der Waals surface area contributed by atoms with E-state index >= 15 is 0 Å². The monoisotopic (exact) mass is 272 g/mol. The summed E-state index contributed by atoms with van der Waals surface area (Å²) in [6.07, 6.45) is 3.95. The highest BCUT2D eigenvalue weighted by molar-refractivity contribution is 5.77. The van der Waals surface area contributed by atoms with Gasteiger partial charge in [0.15, 0.2) is 0 Å². The minimum Gasteiger partial charge on any atom is -0.398 e. The number of likely N-dealkylation sites (tertiary alicyclic amines) is 1. The number of carbonyl (C=O) groups is 1. The van der Waals surface area contributed by atoms with E-state index in [4.69, 9.17) is 11.0 Å². The van der Waals surface area contributed by atoms with Gasteiger partial charge in [0, 0.05) is 31.7 Å². The second-order valence-electron chi connectivity index (χ2n) is 5.03. The van der Waals surface area contributed by atoms with Crippen molar-refractivity contribution in [2.45, 2.75) is 25.7 Å². The number of amides is 1. The van der Waals surface area contributed by atoms with Crippen LogP contribution >= 0.6 is 0 Å². The maximum absolute atomic E-state index is 12.0. The quantitative estimate of drug-likeness (QED) is 0.821. The average Bonchev–Trinajstić information content (AvgIpc) is 2.48. The molecule has 0 saturated carbocycles. The first-order chi connectivity index (χ1) is 9.70. The fraction of sp³-hybridized carbons (Fsp3) is 0.467. The molecular weight excluding hydrogens is 252 g/mol. The Bertz CT molecular complexity index is 515. The number of benzene rings is 1. The largest absolute Gasteiger partial charge is 0.398 e. The molecule has 1 aromatic carbocycles. The summed E-state index contributed by atoms with van der Waals surface area (Å²) in [5, 5.41) is 12.0. The molecule has 1 amide bonds. The number of hydrogen-bond donors (Lipinski definition) is 2. The fourth-order valence-electron chi connectivity index (χ4n) is 2.39. The van der Waals surface area contributed by atoms with Crippen LogP contribution in [0.15, 0.2) is 18.2 Å². The van der Waals surface area contributed by atoms with Crippen LogP contribution in [0, 0.1) is 11.3 Å². The van der Waals surface area contributed by atoms with Gasteiger partial charge in [-0.2, -0.15) is 5.26 Å². The third-order valence-electron chi connectivity index (χ3n) is 3.55. The van der Waals surface area contributed by atoms with Gasteiger partial charge in [-0.25, -0.2) is 0 Å². The lowest BCUT2D eigenvalue weighted by Crippen LogP contribution is -2.36. The van der Waals surface area contributed by atoms with Crippen molar-refractivity contribution in [2.75, 3.05) is 30.7 Å². The molecule has 1 saturated heterocycles. The van der Waals surface area contributed by atoms with Gasteiger partial charge in [0.05, 0.1) is 11.3 Å². The van der Waals surface area contributed by atoms with Crippen LogP contribution in [-0.4, -0.2) is 30.4 Å². The van der Waals surface area contributed by atoms with Crippen molar-refractivity contribution >= 4 is 17.3 Å². The number of rotatable bonds is 4. The number of nitrogens with one attached hydrogen (secondary N) is 1. The zero-order valence-corrected chi connectivity index (χ0v) is 11.6. The molecule has 0 unspecified atom stereocenters. The molecule has 5 heteroatoms. The van der Waals surface area contributed by atoms with Gasteiger partial charge in [-0.05, 0) is 37.5 Å². The van der Waals surface area contributed by atoms with E-state index in [1.807, 2.05) is 11.0 Å². The van der Waals surface area contributed by atoms with E-state index in [0.717, 1.165) is 31.6 Å². The normalized spacial score (nSPS) is 14.7. The summed E-state index contributed by atoms with van der Waals surface area (Å²) in [5.41, 5.74) is 7.51. The van der Waals surface area contributed by atoms with Crippen molar-refractivity contribution in [1.29, 1.82) is 5.26 Å². The van der Waals surface area contributed by atoms with Crippen LogP contribution in [0.1, 0.15) is 31.2 Å². The van der Waals surface area contributed by atoms with Crippen LogP contribution < -0.4 is 11.1 Å². The number of hydrogen-bond acceptors (Lipinski definition) is 4. The van der Waals surface area contributed by atoms with E-state index in [-0.39, 0.29) is 5.91 Å². The SMILES string of the molecule is N#Cc1ccc(NCCC(=O)N2CCCCC2)cc1N. The standard InChI is InChI=1S/C15H20N4O/c16-11-12-4-5-13(10-14(12)17)18-7-6-15(20)19-8-2-1-3-9-19/h4-5,10,18H,1-3,6-9,17H2. The predicted molar refractivity (Wildman–Crippen MR) is 79.1 cm³/mol. The highest BCUT2D eigenvalue weighted by Crippen LogP contribution is 2.17. The first-order valence-electron chi connectivity index (χ1n) is 7.02. The third kappa shape index (κ3) is 3.64. The Hall–Kier alpha value is -2.22. The van der Waals surface area contributed by atoms with Crippen molar-refractivity contribution in [1.82, 2.24) is 4.90 Å². The van der Waals surface area contributed by atoms with E-state index in [9.17, 15) is 4.79 Å². The van der Waals surface area contributed by atoms with Gasteiger partial charge >= 0.3 is 0 Å². The second-order valence-corrected chi connectivity index (χ2v) is 5.03. The first-order valence-corrected chi connectivity index (χ1v) is 7.02. The smallest absolute Gasteiger partial charge is 0.224 e. The fourth-order valence-corrected chi connectivity index (χ4v) is 2.39. The molecule has 1 aliphatic rings. The molecule has 106 valence electrons. The van der Waals surface area contributed by atoms with E-state index in [0.29, 0.717) is 24.2 Å². The van der Waals surface area contributed by atoms with Crippen molar-refractivity contribution < 1.29 is 4.79 Å². The topological polar surface area (TPSA) is 82.2 Å². The van der Waals surface area contributed by atoms with Gasteiger partial charge in [-0.15, -0.1) is 0 Å². The number of piperidine rings is 1. The van der Waals surface area contributed by atoms with Gasteiger partial charge in [-0.3, -0.25) is 4.79 Å². The lowest BCUT2D eigenvalue weighted by Gasteiger charge is -2.26. The Kier molecular flexibility index (Phi) is 4.83. The summed E-state index contributed by atoms with van der Waals surface area (Å²) in [6, 6.07) is 7.24. The van der Waals surface area contributed by atoms with Crippen LogP contribution in [0.2, 0.25) is 0 Å². The molecule has 20 heavy (non-hydrogen) atoms. The summed E-state index contributed by atoms with van der Waals surface area (Å²) >= 11 is 0. The minimum atomic E-state index is 0.207. The molecule has 0 aromatic heterocycles. The van der Waals surface area contributed by atoms with Crippen molar-refractivity contribution in [3.05, 3.63) is 23.8 Å². The average molecular weight is 272 g/mol.